The highest BCUT2D eigenvalue weighted by molar-refractivity contribution is 8.14. The number of thioether (sulfide) groups is 1. The largest absolute Gasteiger partial charge is 0.294 e. The van der Waals surface area contributed by atoms with E-state index in [4.69, 9.17) is 0 Å². The van der Waals surface area contributed by atoms with Gasteiger partial charge in [0.05, 0.1) is 11.1 Å². The minimum atomic E-state index is -0.233. The molecule has 1 aliphatic heterocycles. The van der Waals surface area contributed by atoms with E-state index < -0.39 is 0 Å². The number of rotatable bonds is 3. The molecule has 3 nitrogen and oxygen atoms in total. The molecule has 2 aliphatic rings. The van der Waals surface area contributed by atoms with E-state index in [9.17, 15) is 10.1 Å². The first-order valence-corrected chi connectivity index (χ1v) is 8.44. The molecular formula is C16H22N2OS. The average Bonchev–Trinajstić information content (AvgIpc) is 2.38. The lowest BCUT2D eigenvalue weighted by atomic mass is 9.74. The Morgan fingerprint density at radius 1 is 1.45 bits per heavy atom. The van der Waals surface area contributed by atoms with Gasteiger partial charge >= 0.3 is 0 Å². The van der Waals surface area contributed by atoms with Gasteiger partial charge in [-0.05, 0) is 30.9 Å². The second-order valence-electron chi connectivity index (χ2n) is 5.86. The van der Waals surface area contributed by atoms with Crippen molar-refractivity contribution >= 4 is 22.6 Å². The number of carbonyl (C=O) groups excluding carboxylic acids is 1. The van der Waals surface area contributed by atoms with E-state index in [1.54, 1.807) is 11.8 Å². The van der Waals surface area contributed by atoms with Gasteiger partial charge in [-0.1, -0.05) is 20.8 Å². The van der Waals surface area contributed by atoms with Gasteiger partial charge in [0.15, 0.2) is 5.78 Å². The highest BCUT2D eigenvalue weighted by Gasteiger charge is 2.39. The molecule has 0 radical (unpaired) electrons. The zero-order chi connectivity index (χ0) is 14.7. The lowest BCUT2D eigenvalue weighted by molar-refractivity contribution is -0.116. The van der Waals surface area contributed by atoms with Crippen LogP contribution in [0.3, 0.4) is 0 Å². The van der Waals surface area contributed by atoms with Crippen LogP contribution in [0.1, 0.15) is 46.5 Å². The molecule has 0 fully saturated rings. The summed E-state index contributed by atoms with van der Waals surface area (Å²) in [5.74, 6) is 1.44. The number of hydrogen-bond acceptors (Lipinski definition) is 4. The summed E-state index contributed by atoms with van der Waals surface area (Å²) < 4.78 is 0. The summed E-state index contributed by atoms with van der Waals surface area (Å²) in [5, 5.41) is 10.5. The molecule has 0 aromatic carbocycles. The Kier molecular flexibility index (Phi) is 5.04. The summed E-state index contributed by atoms with van der Waals surface area (Å²) in [4.78, 5) is 17.0. The van der Waals surface area contributed by atoms with Gasteiger partial charge in [-0.2, -0.15) is 5.26 Å². The van der Waals surface area contributed by atoms with Crippen LogP contribution in [-0.2, 0) is 4.79 Å². The number of aliphatic imine (C=N–C) groups is 1. The van der Waals surface area contributed by atoms with Crippen LogP contribution < -0.4 is 0 Å². The van der Waals surface area contributed by atoms with Crippen molar-refractivity contribution < 1.29 is 4.79 Å². The maximum absolute atomic E-state index is 12.3. The summed E-state index contributed by atoms with van der Waals surface area (Å²) in [6.07, 6.45) is 3.31. The molecule has 0 N–H and O–H groups in total. The first kappa shape index (κ1) is 15.3. The maximum Gasteiger partial charge on any atom is 0.161 e. The van der Waals surface area contributed by atoms with Gasteiger partial charge in [-0.15, -0.1) is 11.8 Å². The van der Waals surface area contributed by atoms with E-state index in [0.717, 1.165) is 41.3 Å². The number of ketones is 1. The Labute approximate surface area is 125 Å². The minimum Gasteiger partial charge on any atom is -0.294 e. The second kappa shape index (κ2) is 6.58. The number of carbonyl (C=O) groups is 1. The molecule has 1 aliphatic carbocycles. The van der Waals surface area contributed by atoms with Gasteiger partial charge in [0.2, 0.25) is 0 Å². The zero-order valence-electron chi connectivity index (χ0n) is 12.5. The average molecular weight is 290 g/mol. The third-order valence-electron chi connectivity index (χ3n) is 3.87. The number of nitriles is 1. The van der Waals surface area contributed by atoms with Crippen molar-refractivity contribution in [3.63, 3.8) is 0 Å². The molecule has 0 aromatic rings. The Morgan fingerprint density at radius 2 is 2.20 bits per heavy atom. The van der Waals surface area contributed by atoms with Crippen LogP contribution in [0.5, 0.6) is 0 Å². The van der Waals surface area contributed by atoms with E-state index in [1.807, 2.05) is 0 Å². The topological polar surface area (TPSA) is 53.2 Å². The van der Waals surface area contributed by atoms with Gasteiger partial charge in [0.25, 0.3) is 0 Å². The fraction of sp³-hybridized carbons (Fsp3) is 0.688. The number of Topliss-reactive ketones (excluding diaryl/α,β-unsaturated/α-hetero) is 1. The van der Waals surface area contributed by atoms with Crippen LogP contribution in [0.15, 0.2) is 16.3 Å². The molecule has 20 heavy (non-hydrogen) atoms. The highest BCUT2D eigenvalue weighted by Crippen LogP contribution is 2.41. The van der Waals surface area contributed by atoms with Crippen LogP contribution in [0.2, 0.25) is 0 Å². The predicted molar refractivity (Wildman–Crippen MR) is 83.5 cm³/mol. The summed E-state index contributed by atoms with van der Waals surface area (Å²) in [6, 6.07) is 2.41. The molecule has 0 aromatic heterocycles. The van der Waals surface area contributed by atoms with Crippen molar-refractivity contribution in [3.8, 4) is 6.07 Å². The lowest BCUT2D eigenvalue weighted by Gasteiger charge is -2.33. The van der Waals surface area contributed by atoms with Crippen LogP contribution >= 0.6 is 11.8 Å². The van der Waals surface area contributed by atoms with Gasteiger partial charge in [0, 0.05) is 23.6 Å². The first-order valence-electron chi connectivity index (χ1n) is 7.45. The van der Waals surface area contributed by atoms with Crippen LogP contribution in [0.4, 0.5) is 0 Å². The molecule has 4 heteroatoms. The van der Waals surface area contributed by atoms with Crippen LogP contribution in [0, 0.1) is 29.1 Å². The normalized spacial score (nSPS) is 26.4. The molecule has 108 valence electrons. The van der Waals surface area contributed by atoms with Crippen molar-refractivity contribution in [2.24, 2.45) is 22.7 Å². The quantitative estimate of drug-likeness (QED) is 0.790. The van der Waals surface area contributed by atoms with Gasteiger partial charge < -0.3 is 0 Å². The van der Waals surface area contributed by atoms with Gasteiger partial charge in [0.1, 0.15) is 5.92 Å². The number of hydrogen-bond donors (Lipinski definition) is 0. The third-order valence-corrected chi connectivity index (χ3v) is 4.80. The Morgan fingerprint density at radius 3 is 2.80 bits per heavy atom. The van der Waals surface area contributed by atoms with E-state index in [0.29, 0.717) is 12.3 Å². The second-order valence-corrected chi connectivity index (χ2v) is 7.15. The fourth-order valence-corrected chi connectivity index (χ4v) is 3.97. The molecule has 2 atom stereocenters. The SMILES string of the molecule is CCSC1=NC2=C(C(=O)CCC2)[C@@H](CC(C)C)C1C#N. The highest BCUT2D eigenvalue weighted by atomic mass is 32.2. The molecule has 0 saturated heterocycles. The van der Waals surface area contributed by atoms with Gasteiger partial charge in [-0.25, -0.2) is 4.99 Å². The summed E-state index contributed by atoms with van der Waals surface area (Å²) in [7, 11) is 0. The van der Waals surface area contributed by atoms with Crippen molar-refractivity contribution in [1.82, 2.24) is 0 Å². The van der Waals surface area contributed by atoms with Crippen molar-refractivity contribution in [2.45, 2.75) is 46.5 Å². The first-order chi connectivity index (χ1) is 9.58. The molecule has 0 saturated carbocycles. The minimum absolute atomic E-state index is 0.0503. The van der Waals surface area contributed by atoms with Gasteiger partial charge in [-0.3, -0.25) is 4.79 Å². The van der Waals surface area contributed by atoms with Crippen molar-refractivity contribution in [2.75, 3.05) is 5.75 Å². The standard InChI is InChI=1S/C16H22N2OS/c1-4-20-16-12(9-17)11(8-10(2)3)15-13(18-16)6-5-7-14(15)19/h10-12H,4-8H2,1-3H3/t11-,12?/m0/s1. The number of nitrogens with zero attached hydrogens (tertiary/aromatic N) is 2. The van der Waals surface area contributed by atoms with Crippen molar-refractivity contribution in [1.29, 1.82) is 5.26 Å². The number of allylic oxidation sites excluding steroid dienone is 2. The molecule has 0 spiro atoms. The zero-order valence-corrected chi connectivity index (χ0v) is 13.3. The molecular weight excluding hydrogens is 268 g/mol. The van der Waals surface area contributed by atoms with Crippen molar-refractivity contribution in [3.05, 3.63) is 11.3 Å². The Bertz CT molecular complexity index is 499. The lowest BCUT2D eigenvalue weighted by Crippen LogP contribution is -2.33. The van der Waals surface area contributed by atoms with Crippen LogP contribution in [0.25, 0.3) is 0 Å². The molecule has 0 bridgehead atoms. The molecule has 1 heterocycles. The summed E-state index contributed by atoms with van der Waals surface area (Å²) in [6.45, 7) is 6.38. The third kappa shape index (κ3) is 2.98. The summed E-state index contributed by atoms with van der Waals surface area (Å²) in [5.41, 5.74) is 1.84. The molecule has 1 unspecified atom stereocenters. The summed E-state index contributed by atoms with van der Waals surface area (Å²) >= 11 is 1.65. The maximum atomic E-state index is 12.3. The van der Waals surface area contributed by atoms with E-state index in [2.05, 4.69) is 31.8 Å². The van der Waals surface area contributed by atoms with E-state index in [1.165, 1.54) is 0 Å². The molecule has 2 rings (SSSR count). The Balaban J connectivity index is 2.45. The molecule has 0 amide bonds. The smallest absolute Gasteiger partial charge is 0.161 e. The monoisotopic (exact) mass is 290 g/mol. The van der Waals surface area contributed by atoms with E-state index >= 15 is 0 Å². The predicted octanol–water partition coefficient (Wildman–Crippen LogP) is 3.96. The fourth-order valence-electron chi connectivity index (χ4n) is 3.10. The Hall–Kier alpha value is -1.08. The van der Waals surface area contributed by atoms with Crippen LogP contribution in [-0.4, -0.2) is 16.6 Å². The van der Waals surface area contributed by atoms with E-state index in [-0.39, 0.29) is 17.6 Å².